The summed E-state index contributed by atoms with van der Waals surface area (Å²) >= 11 is 0. The largest absolute Gasteiger partial charge is 0.472 e. The molecule has 14 heteroatoms. The molecule has 0 heterocycles. The van der Waals surface area contributed by atoms with E-state index in [-0.39, 0.29) is 12.8 Å². The number of unbranched alkanes of at least 4 members (excludes halogenated alkanes) is 17. The van der Waals surface area contributed by atoms with E-state index in [1.54, 1.807) is 0 Å². The van der Waals surface area contributed by atoms with Crippen LogP contribution in [0.3, 0.4) is 0 Å². The van der Waals surface area contributed by atoms with Crippen molar-refractivity contribution in [1.82, 2.24) is 5.32 Å². The molecule has 8 unspecified atom stereocenters. The molecular weight excluding hydrogens is 717 g/mol. The van der Waals surface area contributed by atoms with Crippen LogP contribution in [0.25, 0.3) is 0 Å². The minimum absolute atomic E-state index is 0.227. The summed E-state index contributed by atoms with van der Waals surface area (Å²) in [5.74, 6) is -0.570. The van der Waals surface area contributed by atoms with Gasteiger partial charge in [-0.2, -0.15) is 0 Å². The summed E-state index contributed by atoms with van der Waals surface area (Å²) in [7, 11) is -5.10. The zero-order valence-electron chi connectivity index (χ0n) is 33.1. The molecule has 0 saturated heterocycles. The molecule has 1 saturated carbocycles. The molecule has 0 radical (unpaired) electrons. The van der Waals surface area contributed by atoms with Gasteiger partial charge >= 0.3 is 7.82 Å². The van der Waals surface area contributed by atoms with Crippen LogP contribution in [0.1, 0.15) is 162 Å². The summed E-state index contributed by atoms with van der Waals surface area (Å²) < 4.78 is 22.7. The van der Waals surface area contributed by atoms with E-state index in [1.807, 2.05) is 0 Å². The number of phosphoric ester groups is 1. The maximum absolute atomic E-state index is 12.9. The summed E-state index contributed by atoms with van der Waals surface area (Å²) in [5.41, 5.74) is 0. The fraction of sp³-hybridized carbons (Fsp3) is 0.875. The second kappa shape index (κ2) is 30.9. The second-order valence-electron chi connectivity index (χ2n) is 15.1. The lowest BCUT2D eigenvalue weighted by molar-refractivity contribution is -0.220. The van der Waals surface area contributed by atoms with E-state index < -0.39 is 75.2 Å². The van der Waals surface area contributed by atoms with E-state index in [4.69, 9.17) is 9.05 Å². The first-order valence-corrected chi connectivity index (χ1v) is 22.4. The van der Waals surface area contributed by atoms with Crippen molar-refractivity contribution in [2.45, 2.75) is 216 Å². The van der Waals surface area contributed by atoms with Crippen LogP contribution in [0, 0.1) is 0 Å². The van der Waals surface area contributed by atoms with E-state index in [9.17, 15) is 50.0 Å². The summed E-state index contributed by atoms with van der Waals surface area (Å²) in [5, 5.41) is 74.1. The molecule has 1 rings (SSSR count). The van der Waals surface area contributed by atoms with Crippen molar-refractivity contribution in [2.24, 2.45) is 0 Å². The van der Waals surface area contributed by atoms with Crippen LogP contribution in [0.5, 0.6) is 0 Å². The third kappa shape index (κ3) is 23.1. The highest BCUT2D eigenvalue weighted by Gasteiger charge is 2.51. The Morgan fingerprint density at radius 1 is 0.648 bits per heavy atom. The minimum atomic E-state index is -5.10. The molecule has 0 bridgehead atoms. The Morgan fingerprint density at radius 2 is 1.07 bits per heavy atom. The Balaban J connectivity index is 2.48. The van der Waals surface area contributed by atoms with Gasteiger partial charge < -0.3 is 46.0 Å². The summed E-state index contributed by atoms with van der Waals surface area (Å²) in [6.45, 7) is 3.66. The summed E-state index contributed by atoms with van der Waals surface area (Å²) in [4.78, 5) is 23.3. The van der Waals surface area contributed by atoms with Crippen LogP contribution >= 0.6 is 7.82 Å². The number of hydrogen-bond donors (Lipinski definition) is 9. The lowest BCUT2D eigenvalue weighted by Gasteiger charge is -2.41. The Kier molecular flexibility index (Phi) is 29.0. The number of phosphoric acid groups is 1. The maximum atomic E-state index is 12.9. The molecule has 318 valence electrons. The first-order chi connectivity index (χ1) is 25.8. The van der Waals surface area contributed by atoms with Crippen molar-refractivity contribution < 1.29 is 59.0 Å². The van der Waals surface area contributed by atoms with Crippen LogP contribution in [-0.4, -0.2) is 108 Å². The van der Waals surface area contributed by atoms with Gasteiger partial charge in [-0.3, -0.25) is 13.8 Å². The summed E-state index contributed by atoms with van der Waals surface area (Å²) in [6, 6.07) is -1.15. The molecule has 0 spiro atoms. The van der Waals surface area contributed by atoms with Crippen molar-refractivity contribution in [2.75, 3.05) is 6.61 Å². The number of allylic oxidation sites excluding steroid dienone is 4. The molecule has 54 heavy (non-hydrogen) atoms. The molecule has 9 N–H and O–H groups in total. The maximum Gasteiger partial charge on any atom is 0.472 e. The number of rotatable bonds is 33. The van der Waals surface area contributed by atoms with Gasteiger partial charge in [-0.25, -0.2) is 4.57 Å². The van der Waals surface area contributed by atoms with Crippen molar-refractivity contribution in [3.8, 4) is 0 Å². The summed E-state index contributed by atoms with van der Waals surface area (Å²) in [6.07, 6.45) is 17.0. The average molecular weight is 794 g/mol. The molecule has 1 fully saturated rings. The average Bonchev–Trinajstić information content (AvgIpc) is 3.14. The van der Waals surface area contributed by atoms with Gasteiger partial charge in [0.2, 0.25) is 5.91 Å². The zero-order chi connectivity index (χ0) is 40.2. The molecule has 8 atom stereocenters. The van der Waals surface area contributed by atoms with E-state index in [1.165, 1.54) is 44.9 Å². The Bertz CT molecular complexity index is 1030. The Labute approximate surface area is 324 Å². The van der Waals surface area contributed by atoms with Crippen molar-refractivity contribution in [3.63, 3.8) is 0 Å². The fourth-order valence-electron chi connectivity index (χ4n) is 6.59. The van der Waals surface area contributed by atoms with Crippen molar-refractivity contribution in [1.29, 1.82) is 0 Å². The van der Waals surface area contributed by atoms with E-state index in [2.05, 4.69) is 43.5 Å². The first kappa shape index (κ1) is 50.8. The topological polar surface area (TPSA) is 226 Å². The van der Waals surface area contributed by atoms with Gasteiger partial charge in [-0.15, -0.1) is 0 Å². The zero-order valence-corrected chi connectivity index (χ0v) is 34.0. The molecule has 0 aliphatic heterocycles. The van der Waals surface area contributed by atoms with Crippen molar-refractivity contribution in [3.05, 3.63) is 24.3 Å². The molecule has 0 aromatic rings. The van der Waals surface area contributed by atoms with Gasteiger partial charge in [0.25, 0.3) is 0 Å². The minimum Gasteiger partial charge on any atom is -0.393 e. The SMILES string of the molecule is CCCCC/C=C\C=C/CCCCCCCCCCC(O)CC(=O)NC(COP(=O)(O)OC1C(O)C(O)C(O)C(O)C1O)C(O)CCCCCCCCC. The smallest absolute Gasteiger partial charge is 0.393 e. The molecule has 1 aliphatic rings. The number of aliphatic hydroxyl groups excluding tert-OH is 7. The molecule has 1 amide bonds. The molecule has 13 nitrogen and oxygen atoms in total. The van der Waals surface area contributed by atoms with Crippen molar-refractivity contribution >= 4 is 13.7 Å². The normalized spacial score (nSPS) is 24.9. The van der Waals surface area contributed by atoms with Gasteiger partial charge in [0.05, 0.1) is 31.3 Å². The third-order valence-electron chi connectivity index (χ3n) is 10.1. The predicted molar refractivity (Wildman–Crippen MR) is 210 cm³/mol. The lowest BCUT2D eigenvalue weighted by atomic mass is 9.85. The highest BCUT2D eigenvalue weighted by atomic mass is 31.2. The van der Waals surface area contributed by atoms with Gasteiger partial charge in [-0.1, -0.05) is 141 Å². The predicted octanol–water partition coefficient (Wildman–Crippen LogP) is 5.64. The number of amides is 1. The molecule has 1 aliphatic carbocycles. The quantitative estimate of drug-likeness (QED) is 0.0224. The number of nitrogens with one attached hydrogen (secondary N) is 1. The van der Waals surface area contributed by atoms with E-state index >= 15 is 0 Å². The highest BCUT2D eigenvalue weighted by Crippen LogP contribution is 2.47. The number of aliphatic hydroxyl groups is 7. The second-order valence-corrected chi connectivity index (χ2v) is 16.5. The third-order valence-corrected chi connectivity index (χ3v) is 11.1. The molecular formula is C40H76NO12P. The molecule has 0 aromatic carbocycles. The van der Waals surface area contributed by atoms with Crippen LogP contribution in [0.15, 0.2) is 24.3 Å². The standard InChI is InChI=1S/C40H76NO12P/c1-3-5-7-9-11-12-13-14-15-16-17-18-19-20-22-23-25-27-31(42)29-34(44)41-32(33(43)28-26-24-21-10-8-6-4-2)30-52-54(50,51)53-40-38(48)36(46)35(45)37(47)39(40)49/h11-14,31-33,35-40,42-43,45-49H,3-10,15-30H2,1-2H3,(H,41,44)(H,50,51)/b12-11-,14-13-. The number of carbonyl (C=O) groups is 1. The van der Waals surface area contributed by atoms with Crippen LogP contribution in [0.2, 0.25) is 0 Å². The van der Waals surface area contributed by atoms with Gasteiger partial charge in [0.15, 0.2) is 0 Å². The monoisotopic (exact) mass is 794 g/mol. The Hall–Kier alpha value is -1.22. The Morgan fingerprint density at radius 3 is 1.61 bits per heavy atom. The van der Waals surface area contributed by atoms with E-state index in [0.29, 0.717) is 12.8 Å². The lowest BCUT2D eigenvalue weighted by Crippen LogP contribution is -2.64. The van der Waals surface area contributed by atoms with E-state index in [0.717, 1.165) is 77.0 Å². The first-order valence-electron chi connectivity index (χ1n) is 20.9. The van der Waals surface area contributed by atoms with Crippen LogP contribution < -0.4 is 5.32 Å². The van der Waals surface area contributed by atoms with Crippen LogP contribution in [0.4, 0.5) is 0 Å². The van der Waals surface area contributed by atoms with Gasteiger partial charge in [0, 0.05) is 0 Å². The number of carbonyl (C=O) groups excluding carboxylic acids is 1. The number of hydrogen-bond acceptors (Lipinski definition) is 11. The van der Waals surface area contributed by atoms with Gasteiger partial charge in [0.1, 0.15) is 36.6 Å². The highest BCUT2D eigenvalue weighted by molar-refractivity contribution is 7.47. The van der Waals surface area contributed by atoms with Crippen LogP contribution in [-0.2, 0) is 18.4 Å². The van der Waals surface area contributed by atoms with Gasteiger partial charge in [-0.05, 0) is 38.5 Å². The fourth-order valence-corrected chi connectivity index (χ4v) is 7.55. The molecule has 0 aromatic heterocycles.